The molecule has 0 unspecified atom stereocenters. The maximum atomic E-state index is 13.7. The van der Waals surface area contributed by atoms with E-state index in [0.717, 1.165) is 15.8 Å². The van der Waals surface area contributed by atoms with Crippen LogP contribution in [0.5, 0.6) is 0 Å². The Balaban J connectivity index is 2.03. The Morgan fingerprint density at radius 2 is 2.06 bits per heavy atom. The first-order valence-electron chi connectivity index (χ1n) is 5.52. The van der Waals surface area contributed by atoms with E-state index in [1.165, 1.54) is 11.3 Å². The van der Waals surface area contributed by atoms with Crippen LogP contribution in [0.1, 0.15) is 10.4 Å². The van der Waals surface area contributed by atoms with Crippen molar-refractivity contribution in [3.63, 3.8) is 0 Å². The lowest BCUT2D eigenvalue weighted by atomic mass is 10.1. The molecule has 1 heterocycles. The van der Waals surface area contributed by atoms with Crippen LogP contribution in [-0.4, -0.2) is 11.9 Å². The van der Waals surface area contributed by atoms with Crippen molar-refractivity contribution in [3.8, 4) is 0 Å². The summed E-state index contributed by atoms with van der Waals surface area (Å²) in [5.74, 6) is -0.325. The van der Waals surface area contributed by atoms with E-state index in [4.69, 9.17) is 17.3 Å². The Kier molecular flexibility index (Phi) is 4.22. The maximum absolute atomic E-state index is 13.7. The summed E-state index contributed by atoms with van der Waals surface area (Å²) in [5, 5.41) is 0. The number of rotatable bonds is 4. The van der Waals surface area contributed by atoms with Crippen molar-refractivity contribution < 1.29 is 4.39 Å². The van der Waals surface area contributed by atoms with Crippen LogP contribution >= 0.6 is 22.9 Å². The zero-order chi connectivity index (χ0) is 13.1. The number of anilines is 1. The molecule has 0 radical (unpaired) electrons. The van der Waals surface area contributed by atoms with Gasteiger partial charge in [0.05, 0.1) is 10.0 Å². The van der Waals surface area contributed by atoms with Crippen molar-refractivity contribution in [3.05, 3.63) is 50.9 Å². The lowest BCUT2D eigenvalue weighted by Gasteiger charge is -2.16. The van der Waals surface area contributed by atoms with Gasteiger partial charge in [-0.15, -0.1) is 11.3 Å². The largest absolute Gasteiger partial charge is 0.396 e. The summed E-state index contributed by atoms with van der Waals surface area (Å²) in [6.07, 6.45) is 0. The monoisotopic (exact) mass is 284 g/mol. The van der Waals surface area contributed by atoms with Gasteiger partial charge >= 0.3 is 0 Å². The molecule has 2 N–H and O–H groups in total. The Bertz CT molecular complexity index is 542. The highest BCUT2D eigenvalue weighted by Gasteiger charge is 2.09. The Hall–Kier alpha value is -1.10. The molecule has 2 rings (SSSR count). The average molecular weight is 285 g/mol. The van der Waals surface area contributed by atoms with Crippen LogP contribution in [0, 0.1) is 5.82 Å². The normalized spacial score (nSPS) is 11.1. The van der Waals surface area contributed by atoms with Gasteiger partial charge in [-0.25, -0.2) is 4.39 Å². The van der Waals surface area contributed by atoms with E-state index >= 15 is 0 Å². The molecule has 0 spiro atoms. The number of benzene rings is 1. The van der Waals surface area contributed by atoms with E-state index in [1.807, 2.05) is 24.1 Å². The summed E-state index contributed by atoms with van der Waals surface area (Å²) < 4.78 is 14.5. The average Bonchev–Trinajstić information content (AvgIpc) is 2.70. The highest BCUT2D eigenvalue weighted by Crippen LogP contribution is 2.23. The second-order valence-electron chi connectivity index (χ2n) is 4.20. The minimum Gasteiger partial charge on any atom is -0.396 e. The molecule has 0 saturated carbocycles. The molecule has 0 aliphatic heterocycles. The van der Waals surface area contributed by atoms with Gasteiger partial charge in [-0.05, 0) is 25.2 Å². The van der Waals surface area contributed by atoms with Crippen LogP contribution in [-0.2, 0) is 13.1 Å². The molecule has 5 heteroatoms. The molecule has 2 nitrogen and oxygen atoms in total. The minimum atomic E-state index is -0.325. The van der Waals surface area contributed by atoms with Crippen LogP contribution in [0.3, 0.4) is 0 Å². The van der Waals surface area contributed by atoms with E-state index in [0.29, 0.717) is 12.1 Å². The fourth-order valence-electron chi connectivity index (χ4n) is 1.77. The number of nitrogens with zero attached hydrogens (tertiary/aromatic N) is 1. The molecule has 0 aliphatic carbocycles. The van der Waals surface area contributed by atoms with Crippen molar-refractivity contribution >= 4 is 28.6 Å². The third-order valence-electron chi connectivity index (χ3n) is 2.60. The van der Waals surface area contributed by atoms with Gasteiger partial charge in [0.1, 0.15) is 0 Å². The molecule has 0 bridgehead atoms. The van der Waals surface area contributed by atoms with Crippen molar-refractivity contribution in [2.45, 2.75) is 13.1 Å². The molecule has 1 aromatic heterocycles. The van der Waals surface area contributed by atoms with E-state index in [-0.39, 0.29) is 11.5 Å². The van der Waals surface area contributed by atoms with Gasteiger partial charge < -0.3 is 5.73 Å². The second-order valence-corrected chi connectivity index (χ2v) is 6.00. The zero-order valence-electron chi connectivity index (χ0n) is 9.99. The van der Waals surface area contributed by atoms with Crippen molar-refractivity contribution in [1.29, 1.82) is 0 Å². The Morgan fingerprint density at radius 3 is 2.72 bits per heavy atom. The zero-order valence-corrected chi connectivity index (χ0v) is 11.6. The molecule has 0 amide bonds. The number of hydrogen-bond donors (Lipinski definition) is 1. The number of halogens is 2. The minimum absolute atomic E-state index is 0.195. The lowest BCUT2D eigenvalue weighted by molar-refractivity contribution is 0.316. The van der Waals surface area contributed by atoms with Crippen molar-refractivity contribution in [2.75, 3.05) is 12.8 Å². The summed E-state index contributed by atoms with van der Waals surface area (Å²) in [5.41, 5.74) is 6.35. The number of hydrogen-bond acceptors (Lipinski definition) is 3. The van der Waals surface area contributed by atoms with Crippen LogP contribution in [0.25, 0.3) is 0 Å². The number of nitrogen functional groups attached to an aromatic ring is 1. The predicted molar refractivity (Wildman–Crippen MR) is 75.3 cm³/mol. The smallest absolute Gasteiger partial charge is 0.150 e. The van der Waals surface area contributed by atoms with Crippen LogP contribution in [0.2, 0.25) is 4.34 Å². The molecular formula is C13H14ClFN2S. The standard InChI is InChI=1S/C13H14ClFN2S/c1-17(8-10-5-6-12(14)18-10)7-9-3-2-4-11(16)13(9)15/h2-6H,7-8,16H2,1H3. The van der Waals surface area contributed by atoms with Gasteiger partial charge in [-0.2, -0.15) is 0 Å². The predicted octanol–water partition coefficient (Wildman–Crippen LogP) is 3.75. The number of thiophene rings is 1. The highest BCUT2D eigenvalue weighted by molar-refractivity contribution is 7.16. The fourth-order valence-corrected chi connectivity index (χ4v) is 2.94. The Morgan fingerprint density at radius 1 is 1.28 bits per heavy atom. The third kappa shape index (κ3) is 3.22. The first-order valence-corrected chi connectivity index (χ1v) is 6.71. The summed E-state index contributed by atoms with van der Waals surface area (Å²) >= 11 is 7.41. The molecule has 0 aliphatic rings. The van der Waals surface area contributed by atoms with Crippen LogP contribution < -0.4 is 5.73 Å². The summed E-state index contributed by atoms with van der Waals surface area (Å²) in [7, 11) is 1.94. The van der Waals surface area contributed by atoms with E-state index < -0.39 is 0 Å². The molecule has 1 aromatic carbocycles. The molecule has 96 valence electrons. The van der Waals surface area contributed by atoms with Crippen LogP contribution in [0.4, 0.5) is 10.1 Å². The SMILES string of the molecule is CN(Cc1ccc(Cl)s1)Cc1cccc(N)c1F. The van der Waals surface area contributed by atoms with Crippen molar-refractivity contribution in [2.24, 2.45) is 0 Å². The summed E-state index contributed by atoms with van der Waals surface area (Å²) in [6.45, 7) is 1.26. The maximum Gasteiger partial charge on any atom is 0.150 e. The highest BCUT2D eigenvalue weighted by atomic mass is 35.5. The van der Waals surface area contributed by atoms with E-state index in [1.54, 1.807) is 18.2 Å². The number of nitrogens with two attached hydrogens (primary N) is 1. The van der Waals surface area contributed by atoms with Gasteiger partial charge in [0, 0.05) is 23.5 Å². The first-order chi connectivity index (χ1) is 8.56. The summed E-state index contributed by atoms with van der Waals surface area (Å²) in [6, 6.07) is 8.95. The van der Waals surface area contributed by atoms with Gasteiger partial charge in [0.25, 0.3) is 0 Å². The van der Waals surface area contributed by atoms with Gasteiger partial charge in [-0.3, -0.25) is 4.90 Å². The Labute approximate surface area is 115 Å². The van der Waals surface area contributed by atoms with E-state index in [9.17, 15) is 4.39 Å². The third-order valence-corrected chi connectivity index (χ3v) is 3.82. The second kappa shape index (κ2) is 5.69. The quantitative estimate of drug-likeness (QED) is 0.866. The molecule has 0 fully saturated rings. The summed E-state index contributed by atoms with van der Waals surface area (Å²) in [4.78, 5) is 3.19. The van der Waals surface area contributed by atoms with Crippen LogP contribution in [0.15, 0.2) is 30.3 Å². The first kappa shape index (κ1) is 13.3. The topological polar surface area (TPSA) is 29.3 Å². The molecule has 2 aromatic rings. The molecule has 0 atom stereocenters. The molecule has 18 heavy (non-hydrogen) atoms. The fraction of sp³-hybridized carbons (Fsp3) is 0.231. The van der Waals surface area contributed by atoms with Gasteiger partial charge in [-0.1, -0.05) is 23.7 Å². The van der Waals surface area contributed by atoms with E-state index in [2.05, 4.69) is 0 Å². The molecule has 0 saturated heterocycles. The van der Waals surface area contributed by atoms with Gasteiger partial charge in [0.15, 0.2) is 5.82 Å². The van der Waals surface area contributed by atoms with Crippen molar-refractivity contribution in [1.82, 2.24) is 4.90 Å². The lowest BCUT2D eigenvalue weighted by Crippen LogP contribution is -2.17. The van der Waals surface area contributed by atoms with Gasteiger partial charge in [0.2, 0.25) is 0 Å². The molecular weight excluding hydrogens is 271 g/mol.